The summed E-state index contributed by atoms with van der Waals surface area (Å²) in [5, 5.41) is 4.73. The lowest BCUT2D eigenvalue weighted by Crippen LogP contribution is -2.30. The second kappa shape index (κ2) is 8.29. The van der Waals surface area contributed by atoms with Gasteiger partial charge in [-0.3, -0.25) is 4.79 Å². The highest BCUT2D eigenvalue weighted by Gasteiger charge is 2.20. The molecular formula is C21H30N6O. The van der Waals surface area contributed by atoms with Crippen LogP contribution in [0.4, 0.5) is 5.82 Å². The molecule has 4 heterocycles. The number of carbonyl (C=O) groups is 1. The first-order chi connectivity index (χ1) is 13.6. The lowest BCUT2D eigenvalue weighted by atomic mass is 10.1. The maximum absolute atomic E-state index is 12.4. The first kappa shape index (κ1) is 18.9. The summed E-state index contributed by atoms with van der Waals surface area (Å²) in [5.74, 6) is 2.04. The number of hydrogen-bond donors (Lipinski definition) is 0. The van der Waals surface area contributed by atoms with Crippen LogP contribution in [0, 0.1) is 13.8 Å². The third kappa shape index (κ3) is 3.88. The second-order valence-electron chi connectivity index (χ2n) is 7.93. The van der Waals surface area contributed by atoms with E-state index in [2.05, 4.69) is 21.8 Å². The highest BCUT2D eigenvalue weighted by molar-refractivity contribution is 5.76. The molecule has 1 amide bonds. The molecule has 150 valence electrons. The van der Waals surface area contributed by atoms with Gasteiger partial charge in [-0.2, -0.15) is 5.10 Å². The number of anilines is 1. The molecule has 0 aromatic carbocycles. The van der Waals surface area contributed by atoms with Gasteiger partial charge in [-0.15, -0.1) is 0 Å². The Morgan fingerprint density at radius 3 is 2.39 bits per heavy atom. The Balaban J connectivity index is 1.51. The molecule has 0 atom stereocenters. The molecule has 0 radical (unpaired) electrons. The first-order valence-electron chi connectivity index (χ1n) is 10.5. The van der Waals surface area contributed by atoms with E-state index in [1.165, 1.54) is 19.3 Å². The highest BCUT2D eigenvalue weighted by Crippen LogP contribution is 2.22. The van der Waals surface area contributed by atoms with Crippen molar-refractivity contribution in [2.45, 2.75) is 58.8 Å². The summed E-state index contributed by atoms with van der Waals surface area (Å²) >= 11 is 0. The summed E-state index contributed by atoms with van der Waals surface area (Å²) in [6.45, 7) is 8.02. The minimum absolute atomic E-state index is 0.262. The predicted octanol–water partition coefficient (Wildman–Crippen LogP) is 2.82. The summed E-state index contributed by atoms with van der Waals surface area (Å²) in [5.41, 5.74) is 3.20. The normalized spacial score (nSPS) is 17.4. The Morgan fingerprint density at radius 2 is 1.64 bits per heavy atom. The fraction of sp³-hybridized carbons (Fsp3) is 0.619. The van der Waals surface area contributed by atoms with E-state index in [4.69, 9.17) is 5.10 Å². The Labute approximate surface area is 166 Å². The minimum atomic E-state index is 0.262. The van der Waals surface area contributed by atoms with Crippen molar-refractivity contribution in [3.63, 3.8) is 0 Å². The number of aromatic nitrogens is 4. The van der Waals surface area contributed by atoms with Crippen LogP contribution in [0.3, 0.4) is 0 Å². The lowest BCUT2D eigenvalue weighted by molar-refractivity contribution is -0.130. The predicted molar refractivity (Wildman–Crippen MR) is 109 cm³/mol. The van der Waals surface area contributed by atoms with E-state index in [-0.39, 0.29) is 5.91 Å². The molecule has 0 bridgehead atoms. The molecule has 0 N–H and O–H groups in total. The fourth-order valence-electron chi connectivity index (χ4n) is 4.37. The van der Waals surface area contributed by atoms with E-state index in [1.54, 1.807) is 6.33 Å². The number of likely N-dealkylation sites (tertiary alicyclic amines) is 1. The second-order valence-corrected chi connectivity index (χ2v) is 7.93. The van der Waals surface area contributed by atoms with Crippen molar-refractivity contribution in [1.29, 1.82) is 0 Å². The zero-order chi connectivity index (χ0) is 19.5. The fourth-order valence-corrected chi connectivity index (χ4v) is 4.37. The zero-order valence-electron chi connectivity index (χ0n) is 17.0. The molecule has 2 aromatic heterocycles. The van der Waals surface area contributed by atoms with Crippen LogP contribution in [0.2, 0.25) is 0 Å². The van der Waals surface area contributed by atoms with Gasteiger partial charge in [-0.1, -0.05) is 0 Å². The molecule has 2 fully saturated rings. The summed E-state index contributed by atoms with van der Waals surface area (Å²) in [6, 6.07) is 2.03. The number of nitrogens with zero attached hydrogens (tertiary/aromatic N) is 6. The van der Waals surface area contributed by atoms with Gasteiger partial charge in [-0.25, -0.2) is 14.6 Å². The molecule has 2 aliphatic rings. The lowest BCUT2D eigenvalue weighted by Gasteiger charge is -2.27. The number of piperidine rings is 1. The van der Waals surface area contributed by atoms with Gasteiger partial charge >= 0.3 is 0 Å². The van der Waals surface area contributed by atoms with Crippen molar-refractivity contribution in [2.24, 2.45) is 0 Å². The quantitative estimate of drug-likeness (QED) is 0.795. The van der Waals surface area contributed by atoms with E-state index in [0.717, 1.165) is 74.0 Å². The van der Waals surface area contributed by atoms with Crippen molar-refractivity contribution < 1.29 is 4.79 Å². The average Bonchev–Trinajstić information content (AvgIpc) is 3.36. The van der Waals surface area contributed by atoms with Crippen molar-refractivity contribution in [1.82, 2.24) is 24.6 Å². The molecule has 0 spiro atoms. The number of hydrogen-bond acceptors (Lipinski definition) is 5. The van der Waals surface area contributed by atoms with Crippen LogP contribution < -0.4 is 4.90 Å². The van der Waals surface area contributed by atoms with E-state index in [0.29, 0.717) is 6.42 Å². The molecule has 0 unspecified atom stereocenters. The van der Waals surface area contributed by atoms with Gasteiger partial charge in [-0.05, 0) is 57.9 Å². The maximum Gasteiger partial charge on any atom is 0.222 e. The van der Waals surface area contributed by atoms with Gasteiger partial charge < -0.3 is 9.80 Å². The number of amides is 1. The van der Waals surface area contributed by atoms with Crippen LogP contribution in [0.5, 0.6) is 0 Å². The van der Waals surface area contributed by atoms with E-state index in [9.17, 15) is 4.79 Å². The number of rotatable bonds is 5. The molecule has 7 nitrogen and oxygen atoms in total. The van der Waals surface area contributed by atoms with Gasteiger partial charge in [0, 0.05) is 44.4 Å². The van der Waals surface area contributed by atoms with Crippen molar-refractivity contribution in [3.8, 4) is 5.82 Å². The zero-order valence-corrected chi connectivity index (χ0v) is 17.0. The Morgan fingerprint density at radius 1 is 0.964 bits per heavy atom. The maximum atomic E-state index is 12.4. The summed E-state index contributed by atoms with van der Waals surface area (Å²) in [4.78, 5) is 25.7. The minimum Gasteiger partial charge on any atom is -0.356 e. The summed E-state index contributed by atoms with van der Waals surface area (Å²) < 4.78 is 1.90. The van der Waals surface area contributed by atoms with E-state index < -0.39 is 0 Å². The van der Waals surface area contributed by atoms with Crippen LogP contribution in [0.25, 0.3) is 5.82 Å². The van der Waals surface area contributed by atoms with Crippen LogP contribution in [-0.4, -0.2) is 56.7 Å². The van der Waals surface area contributed by atoms with Gasteiger partial charge in [0.05, 0.1) is 5.69 Å². The summed E-state index contributed by atoms with van der Waals surface area (Å²) in [6.07, 6.45) is 8.91. The monoisotopic (exact) mass is 382 g/mol. The van der Waals surface area contributed by atoms with Gasteiger partial charge in [0.15, 0.2) is 5.82 Å². The smallest absolute Gasteiger partial charge is 0.222 e. The molecule has 4 rings (SSSR count). The molecule has 0 saturated carbocycles. The van der Waals surface area contributed by atoms with Gasteiger partial charge in [0.2, 0.25) is 5.91 Å². The standard InChI is InChI=1S/C21H30N6O/c1-16-18(8-9-21(28)26-12-6-7-13-26)17(2)27(24-16)20-14-19(22-15-23-20)25-10-4-3-5-11-25/h14-15H,3-13H2,1-2H3. The third-order valence-electron chi connectivity index (χ3n) is 6.02. The Hall–Kier alpha value is -2.44. The van der Waals surface area contributed by atoms with Crippen LogP contribution in [0.15, 0.2) is 12.4 Å². The van der Waals surface area contributed by atoms with Crippen molar-refractivity contribution >= 4 is 11.7 Å². The number of aryl methyl sites for hydroxylation is 1. The average molecular weight is 383 g/mol. The van der Waals surface area contributed by atoms with Crippen LogP contribution in [-0.2, 0) is 11.2 Å². The Kier molecular flexibility index (Phi) is 5.59. The third-order valence-corrected chi connectivity index (χ3v) is 6.02. The van der Waals surface area contributed by atoms with Gasteiger partial charge in [0.25, 0.3) is 0 Å². The number of carbonyl (C=O) groups excluding carboxylic acids is 1. The Bertz CT molecular complexity index is 833. The SMILES string of the molecule is Cc1nn(-c2cc(N3CCCCC3)ncn2)c(C)c1CCC(=O)N1CCCC1. The molecular weight excluding hydrogens is 352 g/mol. The van der Waals surface area contributed by atoms with Crippen LogP contribution >= 0.6 is 0 Å². The largest absolute Gasteiger partial charge is 0.356 e. The molecule has 0 aliphatic carbocycles. The van der Waals surface area contributed by atoms with Gasteiger partial charge in [0.1, 0.15) is 12.1 Å². The molecule has 2 saturated heterocycles. The van der Waals surface area contributed by atoms with E-state index >= 15 is 0 Å². The van der Waals surface area contributed by atoms with E-state index in [1.807, 2.05) is 22.6 Å². The molecule has 2 aliphatic heterocycles. The first-order valence-corrected chi connectivity index (χ1v) is 10.5. The molecule has 7 heteroatoms. The van der Waals surface area contributed by atoms with Crippen molar-refractivity contribution in [2.75, 3.05) is 31.1 Å². The highest BCUT2D eigenvalue weighted by atomic mass is 16.2. The topological polar surface area (TPSA) is 67.2 Å². The molecule has 2 aromatic rings. The molecule has 28 heavy (non-hydrogen) atoms. The van der Waals surface area contributed by atoms with Crippen molar-refractivity contribution in [3.05, 3.63) is 29.3 Å². The summed E-state index contributed by atoms with van der Waals surface area (Å²) in [7, 11) is 0. The van der Waals surface area contributed by atoms with Crippen LogP contribution in [0.1, 0.15) is 55.5 Å².